The monoisotopic (exact) mass is 395 g/mol. The van der Waals surface area contributed by atoms with Crippen LogP contribution in [-0.4, -0.2) is 28.9 Å². The number of carbonyl (C=O) groups is 1. The third-order valence-electron chi connectivity index (χ3n) is 4.36. The molecule has 0 aliphatic heterocycles. The lowest BCUT2D eigenvalue weighted by Gasteiger charge is -2.21. The van der Waals surface area contributed by atoms with Crippen LogP contribution in [0, 0.1) is 11.3 Å². The number of para-hydroxylation sites is 1. The predicted octanol–water partition coefficient (Wildman–Crippen LogP) is 5.57. The minimum atomic E-state index is 0.0251. The first-order chi connectivity index (χ1) is 13.6. The van der Waals surface area contributed by atoms with Gasteiger partial charge in [-0.15, -0.1) is 0 Å². The van der Waals surface area contributed by atoms with E-state index in [9.17, 15) is 4.79 Å². The fourth-order valence-electron chi connectivity index (χ4n) is 3.06. The maximum absolute atomic E-state index is 12.9. The van der Waals surface area contributed by atoms with Gasteiger partial charge in [0, 0.05) is 34.7 Å². The Labute approximate surface area is 171 Å². The van der Waals surface area contributed by atoms with Gasteiger partial charge in [0.15, 0.2) is 0 Å². The summed E-state index contributed by atoms with van der Waals surface area (Å²) in [5, 5.41) is 10.5. The van der Waals surface area contributed by atoms with E-state index in [1.807, 2.05) is 68.5 Å². The molecule has 5 heteroatoms. The van der Waals surface area contributed by atoms with Crippen molar-refractivity contribution in [2.24, 2.45) is 0 Å². The highest BCUT2D eigenvalue weighted by Crippen LogP contribution is 2.26. The molecule has 0 unspecified atom stereocenters. The van der Waals surface area contributed by atoms with Gasteiger partial charge in [0.2, 0.25) is 5.91 Å². The van der Waals surface area contributed by atoms with Gasteiger partial charge in [0.25, 0.3) is 0 Å². The highest BCUT2D eigenvalue weighted by atomic mass is 35.5. The highest BCUT2D eigenvalue weighted by molar-refractivity contribution is 6.33. The Bertz CT molecular complexity index is 931. The van der Waals surface area contributed by atoms with Crippen molar-refractivity contribution in [3.63, 3.8) is 0 Å². The molecule has 1 N–H and O–H groups in total. The predicted molar refractivity (Wildman–Crippen MR) is 117 cm³/mol. The van der Waals surface area contributed by atoms with Gasteiger partial charge in [-0.1, -0.05) is 55.0 Å². The van der Waals surface area contributed by atoms with E-state index in [1.54, 1.807) is 4.90 Å². The van der Waals surface area contributed by atoms with Crippen LogP contribution in [-0.2, 0) is 11.2 Å². The van der Waals surface area contributed by atoms with Crippen molar-refractivity contribution in [2.75, 3.05) is 13.1 Å². The van der Waals surface area contributed by atoms with Crippen LogP contribution < -0.4 is 0 Å². The molecule has 1 aromatic heterocycles. The van der Waals surface area contributed by atoms with Crippen LogP contribution >= 0.6 is 11.6 Å². The van der Waals surface area contributed by atoms with E-state index in [0.29, 0.717) is 24.5 Å². The van der Waals surface area contributed by atoms with Crippen LogP contribution in [0.4, 0.5) is 0 Å². The number of carbonyl (C=O) groups excluding carboxylic acids is 1. The molecular weight excluding hydrogens is 370 g/mol. The third-order valence-corrected chi connectivity index (χ3v) is 4.59. The molecule has 0 atom stereocenters. The van der Waals surface area contributed by atoms with E-state index in [2.05, 4.69) is 11.1 Å². The van der Waals surface area contributed by atoms with Crippen molar-refractivity contribution in [2.45, 2.75) is 33.1 Å². The number of hydrogen-bond donors (Lipinski definition) is 1. The summed E-state index contributed by atoms with van der Waals surface area (Å²) < 4.78 is 0. The lowest BCUT2D eigenvalue weighted by molar-refractivity contribution is -0.130. The minimum Gasteiger partial charge on any atom is -0.355 e. The number of allylic oxidation sites excluding steroid dienone is 5. The first kappa shape index (κ1) is 21.5. The molecule has 1 amide bonds. The van der Waals surface area contributed by atoms with Crippen LogP contribution in [0.5, 0.6) is 0 Å². The number of nitrogens with one attached hydrogen (secondary N) is 1. The first-order valence-corrected chi connectivity index (χ1v) is 9.89. The Hall–Kier alpha value is -2.77. The van der Waals surface area contributed by atoms with E-state index < -0.39 is 0 Å². The first-order valence-electron chi connectivity index (χ1n) is 9.51. The second-order valence-electron chi connectivity index (χ2n) is 6.44. The van der Waals surface area contributed by atoms with Gasteiger partial charge in [-0.05, 0) is 37.1 Å². The van der Waals surface area contributed by atoms with Gasteiger partial charge in [0.05, 0.1) is 18.9 Å². The fourth-order valence-corrected chi connectivity index (χ4v) is 3.24. The largest absolute Gasteiger partial charge is 0.355 e. The van der Waals surface area contributed by atoms with Crippen molar-refractivity contribution in [1.82, 2.24) is 9.88 Å². The molecule has 2 rings (SSSR count). The Morgan fingerprint density at radius 3 is 2.79 bits per heavy atom. The lowest BCUT2D eigenvalue weighted by atomic mass is 10.1. The van der Waals surface area contributed by atoms with Crippen LogP contribution in [0.2, 0.25) is 0 Å². The zero-order valence-electron chi connectivity index (χ0n) is 16.4. The summed E-state index contributed by atoms with van der Waals surface area (Å²) in [7, 11) is 0. The topological polar surface area (TPSA) is 59.9 Å². The average Bonchev–Trinajstić information content (AvgIpc) is 3.02. The fraction of sp³-hybridized carbons (Fsp3) is 0.304. The summed E-state index contributed by atoms with van der Waals surface area (Å²) in [6.07, 6.45) is 10.8. The molecule has 0 aliphatic carbocycles. The molecule has 28 heavy (non-hydrogen) atoms. The summed E-state index contributed by atoms with van der Waals surface area (Å²) >= 11 is 6.36. The number of benzene rings is 1. The molecule has 0 bridgehead atoms. The highest BCUT2D eigenvalue weighted by Gasteiger charge is 2.18. The number of H-pyrrole nitrogens is 1. The molecular formula is C23H26ClN3O. The van der Waals surface area contributed by atoms with E-state index >= 15 is 0 Å². The number of rotatable bonds is 9. The number of aromatic amines is 1. The van der Waals surface area contributed by atoms with Crippen LogP contribution in [0.25, 0.3) is 17.0 Å². The number of nitrogens with zero attached hydrogens (tertiary/aromatic N) is 2. The van der Waals surface area contributed by atoms with Crippen LogP contribution in [0.15, 0.2) is 53.6 Å². The number of nitriles is 1. The molecule has 1 heterocycles. The molecule has 0 saturated heterocycles. The number of amides is 1. The van der Waals surface area contributed by atoms with Gasteiger partial charge in [-0.2, -0.15) is 5.26 Å². The summed E-state index contributed by atoms with van der Waals surface area (Å²) in [6.45, 7) is 5.09. The van der Waals surface area contributed by atoms with Crippen LogP contribution in [0.3, 0.4) is 0 Å². The molecule has 0 saturated carbocycles. The second-order valence-corrected chi connectivity index (χ2v) is 6.88. The number of aromatic nitrogens is 1. The van der Waals surface area contributed by atoms with Gasteiger partial charge < -0.3 is 9.88 Å². The standard InChI is InChI=1S/C23H26ClN3O/c1-3-5-6-10-18(24)16-22-20(19-11-7-8-12-21(19)26-22)17-23(28)27(14-4-2)15-9-13-25/h3,5-8,10-12,16,26H,4,9,14-15,17H2,1-2H3/b5-3-,10-6-,18-16-. The molecule has 0 aliphatic rings. The van der Waals surface area contributed by atoms with Crippen LogP contribution in [0.1, 0.15) is 37.9 Å². The maximum atomic E-state index is 12.9. The Kier molecular flexibility index (Phi) is 8.58. The molecule has 0 spiro atoms. The van der Waals surface area contributed by atoms with Crippen molar-refractivity contribution >= 4 is 34.5 Å². The van der Waals surface area contributed by atoms with Crippen molar-refractivity contribution < 1.29 is 4.79 Å². The van der Waals surface area contributed by atoms with Gasteiger partial charge in [0.1, 0.15) is 0 Å². The molecule has 0 radical (unpaired) electrons. The minimum absolute atomic E-state index is 0.0251. The Balaban J connectivity index is 2.37. The van der Waals surface area contributed by atoms with E-state index in [-0.39, 0.29) is 12.3 Å². The smallest absolute Gasteiger partial charge is 0.227 e. The zero-order valence-corrected chi connectivity index (χ0v) is 17.2. The normalized spacial score (nSPS) is 12.1. The van der Waals surface area contributed by atoms with E-state index in [1.165, 1.54) is 0 Å². The summed E-state index contributed by atoms with van der Waals surface area (Å²) in [5.74, 6) is 0.0251. The second kappa shape index (κ2) is 11.2. The van der Waals surface area contributed by atoms with Crippen molar-refractivity contribution in [3.8, 4) is 6.07 Å². The van der Waals surface area contributed by atoms with E-state index in [4.69, 9.17) is 16.9 Å². The van der Waals surface area contributed by atoms with E-state index in [0.717, 1.165) is 28.6 Å². The summed E-state index contributed by atoms with van der Waals surface area (Å²) in [6, 6.07) is 10.0. The number of halogens is 1. The summed E-state index contributed by atoms with van der Waals surface area (Å²) in [5.41, 5.74) is 2.73. The number of hydrogen-bond acceptors (Lipinski definition) is 2. The van der Waals surface area contributed by atoms with Crippen molar-refractivity contribution in [3.05, 3.63) is 64.9 Å². The lowest BCUT2D eigenvalue weighted by Crippen LogP contribution is -2.33. The zero-order chi connectivity index (χ0) is 20.4. The number of fused-ring (bicyclic) bond motifs is 1. The van der Waals surface area contributed by atoms with Gasteiger partial charge >= 0.3 is 0 Å². The third kappa shape index (κ3) is 5.87. The SMILES string of the molecule is C\C=C/C=C\C(Cl)=C\c1[nH]c2ccccc2c1CC(=O)N(CCC)CCC#N. The Morgan fingerprint density at radius 1 is 1.29 bits per heavy atom. The molecule has 2 aromatic rings. The molecule has 146 valence electrons. The molecule has 0 fully saturated rings. The molecule has 1 aromatic carbocycles. The Morgan fingerprint density at radius 2 is 2.07 bits per heavy atom. The van der Waals surface area contributed by atoms with Crippen molar-refractivity contribution in [1.29, 1.82) is 5.26 Å². The van der Waals surface area contributed by atoms with Gasteiger partial charge in [-0.3, -0.25) is 4.79 Å². The summed E-state index contributed by atoms with van der Waals surface area (Å²) in [4.78, 5) is 18.1. The maximum Gasteiger partial charge on any atom is 0.227 e. The quantitative estimate of drug-likeness (QED) is 0.564. The molecule has 4 nitrogen and oxygen atoms in total. The average molecular weight is 396 g/mol. The van der Waals surface area contributed by atoms with Gasteiger partial charge in [-0.25, -0.2) is 0 Å².